The Labute approximate surface area is 159 Å². The van der Waals surface area contributed by atoms with E-state index in [1.165, 1.54) is 31.4 Å². The summed E-state index contributed by atoms with van der Waals surface area (Å²) in [5.74, 6) is -0.312. The number of carbonyl (C=O) groups excluding carboxylic acids is 1. The quantitative estimate of drug-likeness (QED) is 0.646. The van der Waals surface area contributed by atoms with E-state index in [1.807, 2.05) is 30.3 Å². The molecule has 0 bridgehead atoms. The molecule has 1 unspecified atom stereocenters. The van der Waals surface area contributed by atoms with Crippen LogP contribution in [0.1, 0.15) is 12.5 Å². The van der Waals surface area contributed by atoms with Gasteiger partial charge in [0.05, 0.1) is 18.1 Å². The number of methoxy groups -OCH3 is 1. The number of hydrogen-bond acceptors (Lipinski definition) is 5. The number of hydrogen-bond donors (Lipinski definition) is 2. The number of sulfonamides is 1. The van der Waals surface area contributed by atoms with Gasteiger partial charge < -0.3 is 14.8 Å². The van der Waals surface area contributed by atoms with E-state index in [0.29, 0.717) is 12.3 Å². The summed E-state index contributed by atoms with van der Waals surface area (Å²) in [5.41, 5.74) is 1.47. The average molecular weight is 392 g/mol. The van der Waals surface area contributed by atoms with Crippen molar-refractivity contribution >= 4 is 21.6 Å². The molecule has 27 heavy (non-hydrogen) atoms. The monoisotopic (exact) mass is 392 g/mol. The fourth-order valence-corrected chi connectivity index (χ4v) is 3.60. The first-order valence-electron chi connectivity index (χ1n) is 8.43. The van der Waals surface area contributed by atoms with Crippen LogP contribution in [0.25, 0.3) is 0 Å². The second kappa shape index (κ2) is 10.2. The molecule has 1 amide bonds. The molecule has 2 rings (SSSR count). The van der Waals surface area contributed by atoms with E-state index < -0.39 is 10.0 Å². The van der Waals surface area contributed by atoms with Crippen LogP contribution in [0.3, 0.4) is 0 Å². The van der Waals surface area contributed by atoms with Gasteiger partial charge in [-0.1, -0.05) is 30.3 Å². The summed E-state index contributed by atoms with van der Waals surface area (Å²) < 4.78 is 37.3. The van der Waals surface area contributed by atoms with Crippen molar-refractivity contribution in [1.82, 2.24) is 4.72 Å². The van der Waals surface area contributed by atoms with Crippen molar-refractivity contribution in [2.45, 2.75) is 24.5 Å². The molecule has 0 fully saturated rings. The molecule has 7 nitrogen and oxygen atoms in total. The molecule has 0 spiro atoms. The van der Waals surface area contributed by atoms with E-state index in [2.05, 4.69) is 10.0 Å². The van der Waals surface area contributed by atoms with Crippen molar-refractivity contribution in [3.63, 3.8) is 0 Å². The SMILES string of the molecule is COCC(C)NS(=O)(=O)c1ccc(NC(=O)COCc2ccccc2)cc1. The Balaban J connectivity index is 1.84. The number of ether oxygens (including phenoxy) is 2. The number of rotatable bonds is 10. The third-order valence-corrected chi connectivity index (χ3v) is 5.17. The number of amides is 1. The Morgan fingerprint density at radius 1 is 1.07 bits per heavy atom. The van der Waals surface area contributed by atoms with Gasteiger partial charge in [0.15, 0.2) is 0 Å². The van der Waals surface area contributed by atoms with Gasteiger partial charge in [-0.3, -0.25) is 4.79 Å². The van der Waals surface area contributed by atoms with E-state index in [0.717, 1.165) is 5.56 Å². The van der Waals surface area contributed by atoms with E-state index in [1.54, 1.807) is 6.92 Å². The third-order valence-electron chi connectivity index (χ3n) is 3.57. The van der Waals surface area contributed by atoms with Crippen molar-refractivity contribution in [2.24, 2.45) is 0 Å². The maximum absolute atomic E-state index is 12.3. The highest BCUT2D eigenvalue weighted by atomic mass is 32.2. The summed E-state index contributed by atoms with van der Waals surface area (Å²) in [4.78, 5) is 12.0. The first-order valence-corrected chi connectivity index (χ1v) is 9.92. The van der Waals surface area contributed by atoms with Crippen molar-refractivity contribution in [3.8, 4) is 0 Å². The molecule has 0 radical (unpaired) electrons. The van der Waals surface area contributed by atoms with Crippen molar-refractivity contribution in [3.05, 3.63) is 60.2 Å². The number of anilines is 1. The zero-order valence-corrected chi connectivity index (χ0v) is 16.2. The maximum Gasteiger partial charge on any atom is 0.250 e. The summed E-state index contributed by atoms with van der Waals surface area (Å²) in [6.45, 7) is 2.24. The van der Waals surface area contributed by atoms with E-state index >= 15 is 0 Å². The predicted octanol–water partition coefficient (Wildman–Crippen LogP) is 2.16. The molecule has 1 atom stereocenters. The molecule has 0 saturated carbocycles. The van der Waals surface area contributed by atoms with Crippen LogP contribution in [-0.4, -0.2) is 40.7 Å². The van der Waals surface area contributed by atoms with E-state index in [4.69, 9.17) is 9.47 Å². The lowest BCUT2D eigenvalue weighted by Crippen LogP contribution is -2.35. The van der Waals surface area contributed by atoms with Gasteiger partial charge in [-0.05, 0) is 36.8 Å². The predicted molar refractivity (Wildman–Crippen MR) is 103 cm³/mol. The van der Waals surface area contributed by atoms with Gasteiger partial charge in [-0.25, -0.2) is 13.1 Å². The zero-order chi connectivity index (χ0) is 19.7. The molecule has 2 aromatic rings. The second-order valence-electron chi connectivity index (χ2n) is 6.03. The lowest BCUT2D eigenvalue weighted by Gasteiger charge is -2.13. The molecule has 0 saturated heterocycles. The molecule has 2 N–H and O–H groups in total. The lowest BCUT2D eigenvalue weighted by molar-refractivity contribution is -0.121. The Morgan fingerprint density at radius 3 is 2.37 bits per heavy atom. The highest BCUT2D eigenvalue weighted by Crippen LogP contribution is 2.14. The summed E-state index contributed by atoms with van der Waals surface area (Å²) in [5, 5.41) is 2.67. The van der Waals surface area contributed by atoms with Crippen LogP contribution in [0.5, 0.6) is 0 Å². The smallest absolute Gasteiger partial charge is 0.250 e. The first kappa shape index (κ1) is 21.0. The number of carbonyl (C=O) groups is 1. The van der Waals surface area contributed by atoms with E-state index in [-0.39, 0.29) is 30.1 Å². The third kappa shape index (κ3) is 7.10. The topological polar surface area (TPSA) is 93.7 Å². The van der Waals surface area contributed by atoms with E-state index in [9.17, 15) is 13.2 Å². The fraction of sp³-hybridized carbons (Fsp3) is 0.316. The first-order chi connectivity index (χ1) is 12.9. The van der Waals surface area contributed by atoms with Gasteiger partial charge in [-0.15, -0.1) is 0 Å². The minimum atomic E-state index is -3.64. The normalized spacial score (nSPS) is 12.5. The molecular formula is C19H24N2O5S. The summed E-state index contributed by atoms with van der Waals surface area (Å²) in [6, 6.07) is 15.1. The highest BCUT2D eigenvalue weighted by molar-refractivity contribution is 7.89. The Hall–Kier alpha value is -2.26. The van der Waals surface area contributed by atoms with Crippen LogP contribution in [0, 0.1) is 0 Å². The largest absolute Gasteiger partial charge is 0.383 e. The highest BCUT2D eigenvalue weighted by Gasteiger charge is 2.17. The molecule has 0 aliphatic carbocycles. The van der Waals surface area contributed by atoms with Crippen molar-refractivity contribution in [1.29, 1.82) is 0 Å². The van der Waals surface area contributed by atoms with Gasteiger partial charge in [0.1, 0.15) is 6.61 Å². The molecule has 146 valence electrons. The molecular weight excluding hydrogens is 368 g/mol. The molecule has 0 aliphatic rings. The summed E-state index contributed by atoms with van der Waals surface area (Å²) in [7, 11) is -2.13. The molecule has 8 heteroatoms. The minimum absolute atomic E-state index is 0.0922. The standard InChI is InChI=1S/C19H24N2O5S/c1-15(12-25-2)21-27(23,24)18-10-8-17(9-11-18)20-19(22)14-26-13-16-6-4-3-5-7-16/h3-11,15,21H,12-14H2,1-2H3,(H,20,22). The van der Waals surface area contributed by atoms with Crippen LogP contribution in [0.4, 0.5) is 5.69 Å². The molecule has 0 aromatic heterocycles. The van der Waals surface area contributed by atoms with Crippen LogP contribution < -0.4 is 10.0 Å². The van der Waals surface area contributed by atoms with Gasteiger partial charge in [0.25, 0.3) is 0 Å². The van der Waals surface area contributed by atoms with Crippen LogP contribution in [0.2, 0.25) is 0 Å². The molecule has 2 aromatic carbocycles. The van der Waals surface area contributed by atoms with Gasteiger partial charge in [-0.2, -0.15) is 0 Å². The van der Waals surface area contributed by atoms with Crippen molar-refractivity contribution in [2.75, 3.05) is 25.6 Å². The maximum atomic E-state index is 12.3. The Morgan fingerprint density at radius 2 is 1.74 bits per heavy atom. The lowest BCUT2D eigenvalue weighted by atomic mass is 10.2. The summed E-state index contributed by atoms with van der Waals surface area (Å²) in [6.07, 6.45) is 0. The Kier molecular flexibility index (Phi) is 7.93. The average Bonchev–Trinajstić information content (AvgIpc) is 2.63. The van der Waals surface area contributed by atoms with Gasteiger partial charge >= 0.3 is 0 Å². The molecule has 0 heterocycles. The number of benzene rings is 2. The van der Waals surface area contributed by atoms with Crippen LogP contribution >= 0.6 is 0 Å². The van der Waals surface area contributed by atoms with Crippen molar-refractivity contribution < 1.29 is 22.7 Å². The summed E-state index contributed by atoms with van der Waals surface area (Å²) >= 11 is 0. The zero-order valence-electron chi connectivity index (χ0n) is 15.3. The second-order valence-corrected chi connectivity index (χ2v) is 7.74. The van der Waals surface area contributed by atoms with Gasteiger partial charge in [0.2, 0.25) is 15.9 Å². The van der Waals surface area contributed by atoms with Gasteiger partial charge in [0, 0.05) is 18.8 Å². The van der Waals surface area contributed by atoms with Crippen LogP contribution in [-0.2, 0) is 30.9 Å². The fourth-order valence-electron chi connectivity index (χ4n) is 2.37. The minimum Gasteiger partial charge on any atom is -0.383 e. The molecule has 0 aliphatic heterocycles. The number of nitrogens with one attached hydrogen (secondary N) is 2. The Bertz CT molecular complexity index is 823. The van der Waals surface area contributed by atoms with Crippen LogP contribution in [0.15, 0.2) is 59.5 Å².